The van der Waals surface area contributed by atoms with Crippen LogP contribution in [0.4, 0.5) is 11.4 Å². The van der Waals surface area contributed by atoms with Crippen LogP contribution < -0.4 is 15.5 Å². The lowest BCUT2D eigenvalue weighted by Gasteiger charge is -2.35. The molecule has 0 bridgehead atoms. The Hall–Kier alpha value is -2.86. The highest BCUT2D eigenvalue weighted by Crippen LogP contribution is 2.30. The summed E-state index contributed by atoms with van der Waals surface area (Å²) in [5.41, 5.74) is 3.50. The zero-order valence-electron chi connectivity index (χ0n) is 22.0. The van der Waals surface area contributed by atoms with Crippen LogP contribution >= 0.6 is 0 Å². The minimum absolute atomic E-state index is 0.0392. The molecule has 6 nitrogen and oxygen atoms in total. The third-order valence-corrected chi connectivity index (χ3v) is 7.05. The Morgan fingerprint density at radius 2 is 1.78 bits per heavy atom. The number of carbonyl (C=O) groups excluding carboxylic acids is 2. The molecule has 36 heavy (non-hydrogen) atoms. The largest absolute Gasteiger partial charge is 0.376 e. The molecule has 1 unspecified atom stereocenters. The molecule has 6 heteroatoms. The Balaban J connectivity index is 1.46. The third kappa shape index (κ3) is 7.57. The summed E-state index contributed by atoms with van der Waals surface area (Å²) >= 11 is 0. The fourth-order valence-corrected chi connectivity index (χ4v) is 5.19. The predicted molar refractivity (Wildman–Crippen MR) is 146 cm³/mol. The lowest BCUT2D eigenvalue weighted by atomic mass is 9.89. The van der Waals surface area contributed by atoms with E-state index < -0.39 is 0 Å². The van der Waals surface area contributed by atoms with E-state index in [9.17, 15) is 9.59 Å². The van der Waals surface area contributed by atoms with Crippen LogP contribution in [0.2, 0.25) is 0 Å². The SMILES string of the molecule is CC(C)(C)CC(=O)Nc1ccc(N2CCC(Cc3ccccc3)CC2)c(C(=O)NCC2CCCO2)c1. The number of ether oxygens (including phenoxy) is 1. The second-order valence-corrected chi connectivity index (χ2v) is 11.5. The number of amides is 2. The number of nitrogens with zero attached hydrogens (tertiary/aromatic N) is 1. The summed E-state index contributed by atoms with van der Waals surface area (Å²) in [5, 5.41) is 6.07. The summed E-state index contributed by atoms with van der Waals surface area (Å²) in [6.45, 7) is 9.23. The van der Waals surface area contributed by atoms with Gasteiger partial charge in [0.15, 0.2) is 0 Å². The van der Waals surface area contributed by atoms with E-state index in [1.165, 1.54) is 5.56 Å². The van der Waals surface area contributed by atoms with E-state index in [1.807, 2.05) is 39.0 Å². The number of nitrogens with one attached hydrogen (secondary N) is 2. The summed E-state index contributed by atoms with van der Waals surface area (Å²) in [7, 11) is 0. The summed E-state index contributed by atoms with van der Waals surface area (Å²) in [5.74, 6) is 0.498. The van der Waals surface area contributed by atoms with Crippen molar-refractivity contribution >= 4 is 23.2 Å². The first kappa shape index (κ1) is 26.2. The van der Waals surface area contributed by atoms with Crippen LogP contribution in [0.1, 0.15) is 68.8 Å². The van der Waals surface area contributed by atoms with Crippen molar-refractivity contribution in [2.75, 3.05) is 36.5 Å². The zero-order chi connectivity index (χ0) is 25.5. The van der Waals surface area contributed by atoms with Gasteiger partial charge in [-0.15, -0.1) is 0 Å². The van der Waals surface area contributed by atoms with Crippen LogP contribution in [0.5, 0.6) is 0 Å². The molecule has 2 aliphatic heterocycles. The molecule has 2 aliphatic rings. The summed E-state index contributed by atoms with van der Waals surface area (Å²) in [6, 6.07) is 16.4. The Kier molecular flexibility index (Phi) is 8.68. The molecule has 2 amide bonds. The second-order valence-electron chi connectivity index (χ2n) is 11.5. The fraction of sp³-hybridized carbons (Fsp3) is 0.533. The standard InChI is InChI=1S/C30H41N3O3/c1-30(2,3)20-28(34)32-24-11-12-27(26(19-24)29(35)31-21-25-10-7-17-36-25)33-15-13-23(14-16-33)18-22-8-5-4-6-9-22/h4-6,8-9,11-12,19,23,25H,7,10,13-18,20-21H2,1-3H3,(H,31,35)(H,32,34). The molecular formula is C30H41N3O3. The molecule has 2 N–H and O–H groups in total. The van der Waals surface area contributed by atoms with Gasteiger partial charge in [-0.1, -0.05) is 51.1 Å². The van der Waals surface area contributed by atoms with Crippen LogP contribution in [0.15, 0.2) is 48.5 Å². The van der Waals surface area contributed by atoms with Crippen molar-refractivity contribution in [1.82, 2.24) is 5.32 Å². The summed E-state index contributed by atoms with van der Waals surface area (Å²) < 4.78 is 5.69. The van der Waals surface area contributed by atoms with Crippen LogP contribution in [0.25, 0.3) is 0 Å². The van der Waals surface area contributed by atoms with Crippen LogP contribution in [0.3, 0.4) is 0 Å². The lowest BCUT2D eigenvalue weighted by Crippen LogP contribution is -2.37. The smallest absolute Gasteiger partial charge is 0.253 e. The number of anilines is 2. The number of hydrogen-bond donors (Lipinski definition) is 2. The average molecular weight is 492 g/mol. The van der Waals surface area contributed by atoms with E-state index in [4.69, 9.17) is 4.74 Å². The van der Waals surface area contributed by atoms with Gasteiger partial charge in [-0.05, 0) is 67.2 Å². The van der Waals surface area contributed by atoms with Crippen LogP contribution in [0, 0.1) is 11.3 Å². The molecule has 0 radical (unpaired) electrons. The Morgan fingerprint density at radius 1 is 1.03 bits per heavy atom. The van der Waals surface area contributed by atoms with Gasteiger partial charge in [-0.25, -0.2) is 0 Å². The van der Waals surface area contributed by atoms with E-state index in [1.54, 1.807) is 0 Å². The molecule has 2 heterocycles. The maximum Gasteiger partial charge on any atom is 0.253 e. The summed E-state index contributed by atoms with van der Waals surface area (Å²) in [6.07, 6.45) is 5.81. The first-order valence-corrected chi connectivity index (χ1v) is 13.4. The van der Waals surface area contributed by atoms with Crippen molar-refractivity contribution in [3.63, 3.8) is 0 Å². The second kappa shape index (κ2) is 11.9. The molecular weight excluding hydrogens is 450 g/mol. The molecule has 1 atom stereocenters. The van der Waals surface area contributed by atoms with Gasteiger partial charge in [0.1, 0.15) is 0 Å². The van der Waals surface area contributed by atoms with E-state index in [0.717, 1.165) is 57.5 Å². The van der Waals surface area contributed by atoms with Gasteiger partial charge in [-0.2, -0.15) is 0 Å². The van der Waals surface area contributed by atoms with E-state index >= 15 is 0 Å². The van der Waals surface area contributed by atoms with Gasteiger partial charge in [0.2, 0.25) is 5.91 Å². The molecule has 2 fully saturated rings. The summed E-state index contributed by atoms with van der Waals surface area (Å²) in [4.78, 5) is 28.2. The van der Waals surface area contributed by atoms with Gasteiger partial charge < -0.3 is 20.3 Å². The van der Waals surface area contributed by atoms with Crippen LogP contribution in [-0.2, 0) is 16.0 Å². The highest BCUT2D eigenvalue weighted by molar-refractivity contribution is 6.02. The van der Waals surface area contributed by atoms with Gasteiger partial charge in [-0.3, -0.25) is 9.59 Å². The number of benzene rings is 2. The van der Waals surface area contributed by atoms with E-state index in [-0.39, 0.29) is 23.3 Å². The minimum atomic E-state index is -0.112. The maximum atomic E-state index is 13.3. The van der Waals surface area contributed by atoms with Crippen molar-refractivity contribution in [2.24, 2.45) is 11.3 Å². The zero-order valence-corrected chi connectivity index (χ0v) is 22.0. The van der Waals surface area contributed by atoms with Crippen molar-refractivity contribution in [1.29, 1.82) is 0 Å². The van der Waals surface area contributed by atoms with Gasteiger partial charge in [0.25, 0.3) is 5.91 Å². The lowest BCUT2D eigenvalue weighted by molar-refractivity contribution is -0.117. The Bertz CT molecular complexity index is 1020. The van der Waals surface area contributed by atoms with Gasteiger partial charge >= 0.3 is 0 Å². The Labute approximate surface area is 215 Å². The number of piperidine rings is 1. The number of hydrogen-bond acceptors (Lipinski definition) is 4. The molecule has 0 saturated carbocycles. The topological polar surface area (TPSA) is 70.7 Å². The molecule has 2 saturated heterocycles. The minimum Gasteiger partial charge on any atom is -0.376 e. The van der Waals surface area contributed by atoms with Gasteiger partial charge in [0.05, 0.1) is 11.7 Å². The monoisotopic (exact) mass is 491 g/mol. The molecule has 0 aromatic heterocycles. The van der Waals surface area contributed by atoms with Gasteiger partial charge in [0, 0.05) is 44.0 Å². The first-order chi connectivity index (χ1) is 17.3. The molecule has 2 aromatic carbocycles. The molecule has 0 aliphatic carbocycles. The van der Waals surface area contributed by atoms with E-state index in [2.05, 4.69) is 45.9 Å². The number of carbonyl (C=O) groups is 2. The third-order valence-electron chi connectivity index (χ3n) is 7.05. The molecule has 0 spiro atoms. The van der Waals surface area contributed by atoms with Crippen molar-refractivity contribution < 1.29 is 14.3 Å². The Morgan fingerprint density at radius 3 is 2.44 bits per heavy atom. The predicted octanol–water partition coefficient (Wildman–Crippen LogP) is 5.43. The van der Waals surface area contributed by atoms with Crippen molar-refractivity contribution in [3.8, 4) is 0 Å². The highest BCUT2D eigenvalue weighted by Gasteiger charge is 2.25. The highest BCUT2D eigenvalue weighted by atomic mass is 16.5. The number of rotatable bonds is 8. The molecule has 194 valence electrons. The average Bonchev–Trinajstić information content (AvgIpc) is 3.36. The van der Waals surface area contributed by atoms with Crippen LogP contribution in [-0.4, -0.2) is 44.2 Å². The van der Waals surface area contributed by atoms with Crippen molar-refractivity contribution in [3.05, 3.63) is 59.7 Å². The normalized spacial score (nSPS) is 18.8. The molecule has 4 rings (SSSR count). The quantitative estimate of drug-likeness (QED) is 0.517. The van der Waals surface area contributed by atoms with E-state index in [0.29, 0.717) is 30.1 Å². The van der Waals surface area contributed by atoms with Crippen molar-refractivity contribution in [2.45, 2.75) is 65.4 Å². The maximum absolute atomic E-state index is 13.3. The fourth-order valence-electron chi connectivity index (χ4n) is 5.19. The first-order valence-electron chi connectivity index (χ1n) is 13.4. The molecule has 2 aromatic rings.